The van der Waals surface area contributed by atoms with Crippen molar-refractivity contribution in [1.29, 1.82) is 0 Å². The molecule has 1 aromatic heterocycles. The number of fused-ring (bicyclic) bond motifs is 1. The molecule has 1 aromatic carbocycles. The van der Waals surface area contributed by atoms with Crippen molar-refractivity contribution >= 4 is 10.9 Å². The van der Waals surface area contributed by atoms with Gasteiger partial charge in [0.25, 0.3) is 0 Å². The van der Waals surface area contributed by atoms with Gasteiger partial charge in [0.05, 0.1) is 6.10 Å². The maximum atomic E-state index is 10.2. The van der Waals surface area contributed by atoms with E-state index in [0.717, 1.165) is 35.1 Å². The van der Waals surface area contributed by atoms with Crippen LogP contribution in [0.2, 0.25) is 0 Å². The number of H-pyrrole nitrogens is 1. The van der Waals surface area contributed by atoms with Gasteiger partial charge in [-0.2, -0.15) is 0 Å². The summed E-state index contributed by atoms with van der Waals surface area (Å²) in [5.41, 5.74) is 3.19. The van der Waals surface area contributed by atoms with E-state index in [2.05, 4.69) is 16.4 Å². The number of nitrogens with one attached hydrogen (secondary N) is 2. The molecular formula is C13H18N2O. The molecule has 3 heteroatoms. The Kier molecular flexibility index (Phi) is 3.27. The lowest BCUT2D eigenvalue weighted by Crippen LogP contribution is -2.12. The smallest absolute Gasteiger partial charge is 0.0825 e. The fourth-order valence-corrected chi connectivity index (χ4v) is 2.15. The Morgan fingerprint density at radius 3 is 2.88 bits per heavy atom. The maximum absolute atomic E-state index is 10.2. The van der Waals surface area contributed by atoms with E-state index in [1.54, 1.807) is 0 Å². The molecule has 86 valence electrons. The number of para-hydroxylation sites is 1. The van der Waals surface area contributed by atoms with Gasteiger partial charge in [-0.05, 0) is 33.0 Å². The van der Waals surface area contributed by atoms with Crippen molar-refractivity contribution in [3.63, 3.8) is 0 Å². The minimum absolute atomic E-state index is 0.399. The second-order valence-electron chi connectivity index (χ2n) is 4.12. The van der Waals surface area contributed by atoms with Crippen LogP contribution in [0.15, 0.2) is 24.3 Å². The highest BCUT2D eigenvalue weighted by Gasteiger charge is 2.15. The summed E-state index contributed by atoms with van der Waals surface area (Å²) in [6, 6.07) is 8.10. The Morgan fingerprint density at radius 1 is 1.38 bits per heavy atom. The molecule has 0 aliphatic heterocycles. The molecule has 3 nitrogen and oxygen atoms in total. The molecule has 0 aliphatic carbocycles. The van der Waals surface area contributed by atoms with Gasteiger partial charge in [0.15, 0.2) is 0 Å². The quantitative estimate of drug-likeness (QED) is 0.736. The number of aliphatic hydroxyl groups is 1. The minimum Gasteiger partial charge on any atom is -0.388 e. The number of aryl methyl sites for hydroxylation is 1. The van der Waals surface area contributed by atoms with E-state index in [1.165, 1.54) is 0 Å². The molecule has 2 rings (SSSR count). The Morgan fingerprint density at radius 2 is 2.12 bits per heavy atom. The highest BCUT2D eigenvalue weighted by molar-refractivity contribution is 5.84. The van der Waals surface area contributed by atoms with Gasteiger partial charge in [-0.25, -0.2) is 0 Å². The third kappa shape index (κ3) is 1.96. The van der Waals surface area contributed by atoms with E-state index in [4.69, 9.17) is 0 Å². The minimum atomic E-state index is -0.399. The predicted octanol–water partition coefficient (Wildman–Crippen LogP) is 2.12. The van der Waals surface area contributed by atoms with Crippen molar-refractivity contribution in [2.24, 2.45) is 0 Å². The first kappa shape index (κ1) is 11.2. The molecule has 1 unspecified atom stereocenters. The van der Waals surface area contributed by atoms with E-state index in [0.29, 0.717) is 0 Å². The number of benzene rings is 1. The lowest BCUT2D eigenvalue weighted by Gasteiger charge is -2.10. The van der Waals surface area contributed by atoms with Crippen molar-refractivity contribution in [3.8, 4) is 0 Å². The summed E-state index contributed by atoms with van der Waals surface area (Å²) in [6.07, 6.45) is 0.336. The van der Waals surface area contributed by atoms with Crippen LogP contribution in [0.3, 0.4) is 0 Å². The average Bonchev–Trinajstić information content (AvgIpc) is 2.62. The third-order valence-electron chi connectivity index (χ3n) is 2.94. The summed E-state index contributed by atoms with van der Waals surface area (Å²) in [4.78, 5) is 3.30. The number of aliphatic hydroxyl groups excluding tert-OH is 1. The van der Waals surface area contributed by atoms with Crippen LogP contribution in [0.1, 0.15) is 23.8 Å². The standard InChI is InChI=1S/C13H18N2O/c1-9-13(12(16)7-8-14-2)10-5-3-4-6-11(10)15-9/h3-6,12,14-16H,7-8H2,1-2H3. The molecule has 0 aliphatic rings. The SMILES string of the molecule is CNCCC(O)c1c(C)[nH]c2ccccc12. The summed E-state index contributed by atoms with van der Waals surface area (Å²) < 4.78 is 0. The van der Waals surface area contributed by atoms with E-state index < -0.39 is 6.10 Å². The Hall–Kier alpha value is -1.32. The topological polar surface area (TPSA) is 48.0 Å². The molecule has 0 radical (unpaired) electrons. The van der Waals surface area contributed by atoms with Gasteiger partial charge >= 0.3 is 0 Å². The summed E-state index contributed by atoms with van der Waals surface area (Å²) in [5.74, 6) is 0. The molecule has 0 fully saturated rings. The summed E-state index contributed by atoms with van der Waals surface area (Å²) in [6.45, 7) is 2.83. The van der Waals surface area contributed by atoms with Gasteiger partial charge < -0.3 is 15.4 Å². The highest BCUT2D eigenvalue weighted by Crippen LogP contribution is 2.29. The van der Waals surface area contributed by atoms with Crippen LogP contribution in [-0.4, -0.2) is 23.7 Å². The first-order valence-electron chi connectivity index (χ1n) is 5.64. The van der Waals surface area contributed by atoms with Gasteiger partial charge in [-0.1, -0.05) is 18.2 Å². The van der Waals surface area contributed by atoms with E-state index in [-0.39, 0.29) is 0 Å². The Balaban J connectivity index is 2.38. The third-order valence-corrected chi connectivity index (χ3v) is 2.94. The normalized spacial score (nSPS) is 13.2. The van der Waals surface area contributed by atoms with Crippen molar-refractivity contribution in [2.45, 2.75) is 19.4 Å². The molecule has 0 spiro atoms. The number of rotatable bonds is 4. The molecular weight excluding hydrogens is 200 g/mol. The van der Waals surface area contributed by atoms with Crippen molar-refractivity contribution < 1.29 is 5.11 Å². The van der Waals surface area contributed by atoms with Gasteiger partial charge in [-0.3, -0.25) is 0 Å². The average molecular weight is 218 g/mol. The molecule has 3 N–H and O–H groups in total. The van der Waals surface area contributed by atoms with E-state index in [1.807, 2.05) is 32.2 Å². The lowest BCUT2D eigenvalue weighted by atomic mass is 10.0. The van der Waals surface area contributed by atoms with Gasteiger partial charge in [0.2, 0.25) is 0 Å². The maximum Gasteiger partial charge on any atom is 0.0825 e. The summed E-state index contributed by atoms with van der Waals surface area (Å²) in [7, 11) is 1.90. The van der Waals surface area contributed by atoms with Crippen LogP contribution in [0.4, 0.5) is 0 Å². The largest absolute Gasteiger partial charge is 0.388 e. The fraction of sp³-hybridized carbons (Fsp3) is 0.385. The molecule has 1 heterocycles. The van der Waals surface area contributed by atoms with E-state index >= 15 is 0 Å². The van der Waals surface area contributed by atoms with Crippen LogP contribution < -0.4 is 5.32 Å². The van der Waals surface area contributed by atoms with E-state index in [9.17, 15) is 5.11 Å². The van der Waals surface area contributed by atoms with Crippen LogP contribution in [0.5, 0.6) is 0 Å². The first-order valence-corrected chi connectivity index (χ1v) is 5.64. The lowest BCUT2D eigenvalue weighted by molar-refractivity contribution is 0.168. The predicted molar refractivity (Wildman–Crippen MR) is 66.5 cm³/mol. The zero-order valence-electron chi connectivity index (χ0n) is 9.75. The monoisotopic (exact) mass is 218 g/mol. The van der Waals surface area contributed by atoms with Crippen LogP contribution in [0.25, 0.3) is 10.9 Å². The molecule has 16 heavy (non-hydrogen) atoms. The van der Waals surface area contributed by atoms with Crippen LogP contribution in [0, 0.1) is 6.92 Å². The van der Waals surface area contributed by atoms with Crippen molar-refractivity contribution in [3.05, 3.63) is 35.5 Å². The molecule has 0 amide bonds. The van der Waals surface area contributed by atoms with Gasteiger partial charge in [0, 0.05) is 22.2 Å². The second kappa shape index (κ2) is 4.68. The number of hydrogen-bond acceptors (Lipinski definition) is 2. The number of aromatic amines is 1. The van der Waals surface area contributed by atoms with Crippen molar-refractivity contribution in [1.82, 2.24) is 10.3 Å². The summed E-state index contributed by atoms with van der Waals surface area (Å²) >= 11 is 0. The van der Waals surface area contributed by atoms with Gasteiger partial charge in [-0.15, -0.1) is 0 Å². The zero-order valence-corrected chi connectivity index (χ0v) is 9.75. The van der Waals surface area contributed by atoms with Crippen molar-refractivity contribution in [2.75, 3.05) is 13.6 Å². The molecule has 0 bridgehead atoms. The number of hydrogen-bond donors (Lipinski definition) is 3. The number of aromatic nitrogens is 1. The second-order valence-corrected chi connectivity index (χ2v) is 4.12. The van der Waals surface area contributed by atoms with Crippen LogP contribution in [-0.2, 0) is 0 Å². The fourth-order valence-electron chi connectivity index (χ4n) is 2.15. The molecule has 0 saturated heterocycles. The Labute approximate surface area is 95.5 Å². The molecule has 1 atom stereocenters. The summed E-state index contributed by atoms with van der Waals surface area (Å²) in [5, 5.41) is 14.3. The molecule has 0 saturated carbocycles. The zero-order chi connectivity index (χ0) is 11.5. The van der Waals surface area contributed by atoms with Gasteiger partial charge in [0.1, 0.15) is 0 Å². The highest BCUT2D eigenvalue weighted by atomic mass is 16.3. The molecule has 2 aromatic rings. The first-order chi connectivity index (χ1) is 7.74. The van der Waals surface area contributed by atoms with Crippen LogP contribution >= 0.6 is 0 Å². The Bertz CT molecular complexity index is 476.